The van der Waals surface area contributed by atoms with Gasteiger partial charge < -0.3 is 24.1 Å². The van der Waals surface area contributed by atoms with Crippen molar-refractivity contribution in [1.82, 2.24) is 5.43 Å². The lowest BCUT2D eigenvalue weighted by Gasteiger charge is -2.10. The van der Waals surface area contributed by atoms with Crippen molar-refractivity contribution < 1.29 is 33.7 Å². The number of aromatic carboxylic acids is 1. The molecule has 9 heteroatoms. The van der Waals surface area contributed by atoms with Crippen molar-refractivity contribution in [3.63, 3.8) is 0 Å². The Bertz CT molecular complexity index is 1090. The number of carboxylic acid groups (broad SMARTS) is 1. The SMILES string of the molecule is COc1cc(/C=N/NC(=O)c2ccccc2O)ccc1OCc1ccc(C(=O)O)o1. The van der Waals surface area contributed by atoms with Gasteiger partial charge in [-0.15, -0.1) is 0 Å². The molecule has 154 valence electrons. The Morgan fingerprint density at radius 3 is 2.63 bits per heavy atom. The van der Waals surface area contributed by atoms with Crippen LogP contribution in [0.4, 0.5) is 0 Å². The summed E-state index contributed by atoms with van der Waals surface area (Å²) in [6.45, 7) is 0.0215. The van der Waals surface area contributed by atoms with Crippen molar-refractivity contribution in [3.05, 3.63) is 77.2 Å². The number of amides is 1. The van der Waals surface area contributed by atoms with Crippen LogP contribution in [0.5, 0.6) is 17.2 Å². The van der Waals surface area contributed by atoms with E-state index in [1.165, 1.54) is 37.6 Å². The largest absolute Gasteiger partial charge is 0.507 e. The maximum atomic E-state index is 12.0. The molecule has 1 aromatic heterocycles. The second-order valence-electron chi connectivity index (χ2n) is 5.99. The maximum absolute atomic E-state index is 12.0. The second-order valence-corrected chi connectivity index (χ2v) is 5.99. The molecule has 30 heavy (non-hydrogen) atoms. The van der Waals surface area contributed by atoms with Crippen LogP contribution in [0.15, 0.2) is 64.1 Å². The number of aromatic hydroxyl groups is 1. The van der Waals surface area contributed by atoms with Gasteiger partial charge in [0.25, 0.3) is 5.91 Å². The minimum absolute atomic E-state index is 0.0215. The van der Waals surface area contributed by atoms with Gasteiger partial charge in [0.15, 0.2) is 11.5 Å². The van der Waals surface area contributed by atoms with Crippen LogP contribution in [-0.2, 0) is 6.61 Å². The van der Waals surface area contributed by atoms with Crippen LogP contribution >= 0.6 is 0 Å². The molecule has 0 aliphatic rings. The van der Waals surface area contributed by atoms with Crippen molar-refractivity contribution in [3.8, 4) is 17.2 Å². The molecule has 3 aromatic rings. The number of furan rings is 1. The van der Waals surface area contributed by atoms with E-state index in [1.807, 2.05) is 0 Å². The Balaban J connectivity index is 1.63. The predicted octanol–water partition coefficient (Wildman–Crippen LogP) is 3.03. The van der Waals surface area contributed by atoms with Gasteiger partial charge in [0.05, 0.1) is 18.9 Å². The monoisotopic (exact) mass is 410 g/mol. The average Bonchev–Trinajstić information content (AvgIpc) is 3.22. The number of nitrogens with one attached hydrogen (secondary N) is 1. The quantitative estimate of drug-likeness (QED) is 0.384. The fourth-order valence-corrected chi connectivity index (χ4v) is 2.49. The number of hydrazone groups is 1. The van der Waals surface area contributed by atoms with Crippen LogP contribution in [-0.4, -0.2) is 35.4 Å². The molecule has 1 amide bonds. The normalized spacial score (nSPS) is 10.7. The number of carbonyl (C=O) groups excluding carboxylic acids is 1. The molecule has 3 N–H and O–H groups in total. The molecule has 0 unspecified atom stereocenters. The number of benzene rings is 2. The van der Waals surface area contributed by atoms with E-state index in [4.69, 9.17) is 19.0 Å². The zero-order valence-corrected chi connectivity index (χ0v) is 15.9. The number of rotatable bonds is 8. The number of phenolic OH excluding ortho intramolecular Hbond substituents is 1. The maximum Gasteiger partial charge on any atom is 0.371 e. The van der Waals surface area contributed by atoms with E-state index in [1.54, 1.807) is 30.3 Å². The van der Waals surface area contributed by atoms with Crippen LogP contribution in [0.25, 0.3) is 0 Å². The Hall–Kier alpha value is -4.27. The number of ether oxygens (including phenoxy) is 2. The van der Waals surface area contributed by atoms with Gasteiger partial charge in [-0.3, -0.25) is 4.79 Å². The molecule has 2 aromatic carbocycles. The Morgan fingerprint density at radius 1 is 1.13 bits per heavy atom. The van der Waals surface area contributed by atoms with Crippen molar-refractivity contribution >= 4 is 18.1 Å². The first kappa shape index (κ1) is 20.5. The van der Waals surface area contributed by atoms with Gasteiger partial charge in [0, 0.05) is 0 Å². The fourth-order valence-electron chi connectivity index (χ4n) is 2.49. The molecule has 0 aliphatic heterocycles. The van der Waals surface area contributed by atoms with Crippen LogP contribution in [0.3, 0.4) is 0 Å². The third-order valence-corrected chi connectivity index (χ3v) is 3.96. The lowest BCUT2D eigenvalue weighted by molar-refractivity contribution is 0.0657. The van der Waals surface area contributed by atoms with Crippen molar-refractivity contribution in [2.24, 2.45) is 5.10 Å². The van der Waals surface area contributed by atoms with E-state index >= 15 is 0 Å². The summed E-state index contributed by atoms with van der Waals surface area (Å²) in [7, 11) is 1.47. The highest BCUT2D eigenvalue weighted by molar-refractivity contribution is 5.97. The molecule has 0 spiro atoms. The summed E-state index contributed by atoms with van der Waals surface area (Å²) in [5.41, 5.74) is 3.08. The van der Waals surface area contributed by atoms with Gasteiger partial charge >= 0.3 is 5.97 Å². The van der Waals surface area contributed by atoms with Crippen LogP contribution in [0.2, 0.25) is 0 Å². The molecule has 3 rings (SSSR count). The van der Waals surface area contributed by atoms with Crippen molar-refractivity contribution in [2.45, 2.75) is 6.61 Å². The first-order valence-corrected chi connectivity index (χ1v) is 8.72. The van der Waals surface area contributed by atoms with Crippen molar-refractivity contribution in [1.29, 1.82) is 0 Å². The molecular weight excluding hydrogens is 392 g/mol. The zero-order chi connectivity index (χ0) is 21.5. The Morgan fingerprint density at radius 2 is 1.93 bits per heavy atom. The molecular formula is C21H18N2O7. The minimum Gasteiger partial charge on any atom is -0.507 e. The van der Waals surface area contributed by atoms with Gasteiger partial charge in [0.1, 0.15) is 18.1 Å². The number of hydrogen-bond acceptors (Lipinski definition) is 7. The minimum atomic E-state index is -1.16. The molecule has 0 radical (unpaired) electrons. The molecule has 0 saturated carbocycles. The van der Waals surface area contributed by atoms with Gasteiger partial charge in [-0.05, 0) is 48.0 Å². The summed E-state index contributed by atoms with van der Waals surface area (Å²) in [4.78, 5) is 22.9. The van der Waals surface area contributed by atoms with Crippen LogP contribution in [0, 0.1) is 0 Å². The third kappa shape index (κ3) is 4.96. The van der Waals surface area contributed by atoms with Crippen LogP contribution in [0.1, 0.15) is 32.2 Å². The first-order chi connectivity index (χ1) is 14.5. The standard InChI is InChI=1S/C21H18N2O7/c1-28-19-10-13(11-22-23-20(25)15-4-2-3-5-16(15)24)6-8-17(19)29-12-14-7-9-18(30-14)21(26)27/h2-11,24H,12H2,1H3,(H,23,25)(H,26,27)/b22-11+. The summed E-state index contributed by atoms with van der Waals surface area (Å²) in [5.74, 6) is -0.824. The summed E-state index contributed by atoms with van der Waals surface area (Å²) in [5, 5.41) is 22.4. The third-order valence-electron chi connectivity index (χ3n) is 3.96. The van der Waals surface area contributed by atoms with Gasteiger partial charge in [-0.25, -0.2) is 10.2 Å². The van der Waals surface area contributed by atoms with Gasteiger partial charge in [0.2, 0.25) is 5.76 Å². The van der Waals surface area contributed by atoms with E-state index in [-0.39, 0.29) is 23.7 Å². The highest BCUT2D eigenvalue weighted by atomic mass is 16.5. The molecule has 0 saturated heterocycles. The highest BCUT2D eigenvalue weighted by Crippen LogP contribution is 2.28. The number of para-hydroxylation sites is 1. The average molecular weight is 410 g/mol. The molecule has 0 fully saturated rings. The van der Waals surface area contributed by atoms with Crippen molar-refractivity contribution in [2.75, 3.05) is 7.11 Å². The highest BCUT2D eigenvalue weighted by Gasteiger charge is 2.11. The Labute approximate surface area is 171 Å². The zero-order valence-electron chi connectivity index (χ0n) is 15.9. The summed E-state index contributed by atoms with van der Waals surface area (Å²) < 4.78 is 16.1. The molecule has 1 heterocycles. The van der Waals surface area contributed by atoms with E-state index < -0.39 is 11.9 Å². The number of nitrogens with zero attached hydrogens (tertiary/aromatic N) is 1. The number of hydrogen-bond donors (Lipinski definition) is 3. The smallest absolute Gasteiger partial charge is 0.371 e. The van der Waals surface area contributed by atoms with Crippen LogP contribution < -0.4 is 14.9 Å². The van der Waals surface area contributed by atoms with E-state index in [0.717, 1.165) is 0 Å². The lowest BCUT2D eigenvalue weighted by atomic mass is 10.2. The molecule has 0 atom stereocenters. The number of methoxy groups -OCH3 is 1. The lowest BCUT2D eigenvalue weighted by Crippen LogP contribution is -2.17. The Kier molecular flexibility index (Phi) is 6.33. The second kappa shape index (κ2) is 9.28. The molecule has 0 bridgehead atoms. The number of phenols is 1. The number of carbonyl (C=O) groups is 2. The number of carboxylic acids is 1. The van der Waals surface area contributed by atoms with Gasteiger partial charge in [-0.1, -0.05) is 12.1 Å². The first-order valence-electron chi connectivity index (χ1n) is 8.72. The summed E-state index contributed by atoms with van der Waals surface area (Å²) in [6.07, 6.45) is 1.41. The molecule has 9 nitrogen and oxygen atoms in total. The van der Waals surface area contributed by atoms with E-state index in [2.05, 4.69) is 10.5 Å². The summed E-state index contributed by atoms with van der Waals surface area (Å²) >= 11 is 0. The summed E-state index contributed by atoms with van der Waals surface area (Å²) in [6, 6.07) is 14.0. The van der Waals surface area contributed by atoms with Gasteiger partial charge in [-0.2, -0.15) is 5.10 Å². The topological polar surface area (TPSA) is 131 Å². The fraction of sp³-hybridized carbons (Fsp3) is 0.0952. The predicted molar refractivity (Wildman–Crippen MR) is 106 cm³/mol. The van der Waals surface area contributed by atoms with E-state index in [0.29, 0.717) is 22.8 Å². The molecule has 0 aliphatic carbocycles. The van der Waals surface area contributed by atoms with E-state index in [9.17, 15) is 14.7 Å².